The first-order valence-corrected chi connectivity index (χ1v) is 8.21. The fourth-order valence-electron chi connectivity index (χ4n) is 1.92. The summed E-state index contributed by atoms with van der Waals surface area (Å²) in [6, 6.07) is 3.88. The Bertz CT molecular complexity index is 601. The highest BCUT2D eigenvalue weighted by Crippen LogP contribution is 2.28. The van der Waals surface area contributed by atoms with Crippen molar-refractivity contribution in [2.45, 2.75) is 31.1 Å². The molecule has 1 rings (SSSR count). The molecule has 1 N–H and O–H groups in total. The summed E-state index contributed by atoms with van der Waals surface area (Å²) in [6.07, 6.45) is 2.71. The lowest BCUT2D eigenvalue weighted by Crippen LogP contribution is -2.28. The predicted molar refractivity (Wildman–Crippen MR) is 82.0 cm³/mol. The number of hydrogen-bond donors (Lipinski definition) is 1. The van der Waals surface area contributed by atoms with Gasteiger partial charge in [0.05, 0.1) is 9.82 Å². The molecule has 0 aromatic heterocycles. The van der Waals surface area contributed by atoms with Crippen molar-refractivity contribution in [3.05, 3.63) is 28.3 Å². The first kappa shape index (κ1) is 17.4. The van der Waals surface area contributed by atoms with E-state index in [9.17, 15) is 18.5 Å². The number of hydrogen-bond acceptors (Lipinski definition) is 5. The van der Waals surface area contributed by atoms with Crippen LogP contribution in [0.4, 0.5) is 11.4 Å². The lowest BCUT2D eigenvalue weighted by Gasteiger charge is -2.17. The summed E-state index contributed by atoms with van der Waals surface area (Å²) in [5.41, 5.74) is 0.0353. The van der Waals surface area contributed by atoms with Gasteiger partial charge in [-0.15, -0.1) is 0 Å². The summed E-state index contributed by atoms with van der Waals surface area (Å²) in [6.45, 7) is 2.44. The molecule has 0 aliphatic rings. The molecule has 0 heterocycles. The third kappa shape index (κ3) is 4.15. The molecule has 0 unspecified atom stereocenters. The average molecular weight is 315 g/mol. The monoisotopic (exact) mass is 315 g/mol. The summed E-state index contributed by atoms with van der Waals surface area (Å²) in [5.74, 6) is 0. The van der Waals surface area contributed by atoms with Gasteiger partial charge < -0.3 is 5.32 Å². The van der Waals surface area contributed by atoms with E-state index in [2.05, 4.69) is 5.32 Å². The zero-order valence-corrected chi connectivity index (χ0v) is 13.3. The van der Waals surface area contributed by atoms with E-state index in [-0.39, 0.29) is 16.3 Å². The Balaban J connectivity index is 3.08. The number of sulfonamides is 1. The summed E-state index contributed by atoms with van der Waals surface area (Å²) < 4.78 is 26.0. The van der Waals surface area contributed by atoms with Gasteiger partial charge in [0.25, 0.3) is 5.69 Å². The Morgan fingerprint density at radius 2 is 2.00 bits per heavy atom. The van der Waals surface area contributed by atoms with Crippen molar-refractivity contribution < 1.29 is 13.3 Å². The highest BCUT2D eigenvalue weighted by molar-refractivity contribution is 7.89. The van der Waals surface area contributed by atoms with Gasteiger partial charge in [0.1, 0.15) is 5.69 Å². The number of unbranched alkanes of at least 4 members (excludes halogenated alkanes) is 2. The van der Waals surface area contributed by atoms with Crippen LogP contribution >= 0.6 is 0 Å². The molecule has 0 aliphatic heterocycles. The van der Waals surface area contributed by atoms with Gasteiger partial charge in [-0.25, -0.2) is 12.7 Å². The lowest BCUT2D eigenvalue weighted by atomic mass is 10.2. The van der Waals surface area contributed by atoms with E-state index in [0.717, 1.165) is 25.3 Å². The Morgan fingerprint density at radius 3 is 2.52 bits per heavy atom. The van der Waals surface area contributed by atoms with Crippen LogP contribution in [0.25, 0.3) is 0 Å². The van der Waals surface area contributed by atoms with Gasteiger partial charge in [-0.2, -0.15) is 0 Å². The average Bonchev–Trinajstić information content (AvgIpc) is 2.46. The first-order valence-electron chi connectivity index (χ1n) is 6.77. The van der Waals surface area contributed by atoms with E-state index in [1.165, 1.54) is 23.5 Å². The molecule has 0 saturated heterocycles. The molecule has 7 nitrogen and oxygen atoms in total. The molecule has 0 bridgehead atoms. The predicted octanol–water partition coefficient (Wildman–Crippen LogP) is 2.45. The molecule has 0 amide bonds. The summed E-state index contributed by atoms with van der Waals surface area (Å²) in [5, 5.41) is 13.7. The van der Waals surface area contributed by atoms with Crippen molar-refractivity contribution in [2.75, 3.05) is 26.0 Å². The fourth-order valence-corrected chi connectivity index (χ4v) is 3.15. The second-order valence-electron chi connectivity index (χ2n) is 4.72. The molecule has 0 radical (unpaired) electrons. The van der Waals surface area contributed by atoms with Gasteiger partial charge in [-0.1, -0.05) is 19.8 Å². The van der Waals surface area contributed by atoms with Crippen molar-refractivity contribution in [1.82, 2.24) is 4.31 Å². The third-order valence-electron chi connectivity index (χ3n) is 3.22. The molecule has 8 heteroatoms. The second-order valence-corrected chi connectivity index (χ2v) is 6.76. The van der Waals surface area contributed by atoms with Crippen molar-refractivity contribution in [1.29, 1.82) is 0 Å². The molecular formula is C13H21N3O4S. The van der Waals surface area contributed by atoms with Crippen LogP contribution in [-0.2, 0) is 10.0 Å². The number of anilines is 1. The third-order valence-corrected chi connectivity index (χ3v) is 5.07. The molecule has 1 aromatic carbocycles. The standard InChI is InChI=1S/C13H21N3O4S/c1-4-5-6-9-15(3)21(19,20)11-7-8-12(14-2)13(10-11)16(17)18/h7-8,10,14H,4-6,9H2,1-3H3. The van der Waals surface area contributed by atoms with E-state index in [1.54, 1.807) is 7.05 Å². The summed E-state index contributed by atoms with van der Waals surface area (Å²) >= 11 is 0. The molecule has 21 heavy (non-hydrogen) atoms. The minimum absolute atomic E-state index is 0.0628. The zero-order chi connectivity index (χ0) is 16.0. The zero-order valence-electron chi connectivity index (χ0n) is 12.5. The van der Waals surface area contributed by atoms with Gasteiger partial charge in [0, 0.05) is 26.7 Å². The van der Waals surface area contributed by atoms with Gasteiger partial charge in [0.15, 0.2) is 0 Å². The quantitative estimate of drug-likeness (QED) is 0.452. The number of nitrogens with one attached hydrogen (secondary N) is 1. The van der Waals surface area contributed by atoms with Crippen LogP contribution in [0.1, 0.15) is 26.2 Å². The van der Waals surface area contributed by atoms with Crippen LogP contribution in [-0.4, -0.2) is 38.3 Å². The van der Waals surface area contributed by atoms with Crippen molar-refractivity contribution in [3.63, 3.8) is 0 Å². The Morgan fingerprint density at radius 1 is 1.33 bits per heavy atom. The van der Waals surface area contributed by atoms with Crippen LogP contribution in [0.2, 0.25) is 0 Å². The van der Waals surface area contributed by atoms with Gasteiger partial charge in [0.2, 0.25) is 10.0 Å². The molecule has 0 aliphatic carbocycles. The number of nitro benzene ring substituents is 1. The van der Waals surface area contributed by atoms with Gasteiger partial charge >= 0.3 is 0 Å². The number of nitro groups is 1. The van der Waals surface area contributed by atoms with E-state index in [1.807, 2.05) is 6.92 Å². The van der Waals surface area contributed by atoms with Crippen molar-refractivity contribution in [2.24, 2.45) is 0 Å². The second kappa shape index (κ2) is 7.37. The van der Waals surface area contributed by atoms with E-state index < -0.39 is 14.9 Å². The van der Waals surface area contributed by atoms with Gasteiger partial charge in [-0.05, 0) is 18.6 Å². The molecule has 0 saturated carbocycles. The van der Waals surface area contributed by atoms with Crippen LogP contribution < -0.4 is 5.32 Å². The van der Waals surface area contributed by atoms with Crippen LogP contribution in [0.5, 0.6) is 0 Å². The summed E-state index contributed by atoms with van der Waals surface area (Å²) in [4.78, 5) is 10.3. The first-order chi connectivity index (χ1) is 9.84. The molecule has 0 atom stereocenters. The van der Waals surface area contributed by atoms with Gasteiger partial charge in [-0.3, -0.25) is 10.1 Å². The summed E-state index contributed by atoms with van der Waals surface area (Å²) in [7, 11) is -0.661. The molecule has 118 valence electrons. The number of benzene rings is 1. The minimum Gasteiger partial charge on any atom is -0.383 e. The lowest BCUT2D eigenvalue weighted by molar-refractivity contribution is -0.384. The van der Waals surface area contributed by atoms with E-state index >= 15 is 0 Å². The smallest absolute Gasteiger partial charge is 0.293 e. The highest BCUT2D eigenvalue weighted by Gasteiger charge is 2.24. The maximum Gasteiger partial charge on any atom is 0.293 e. The normalized spacial score (nSPS) is 11.6. The largest absolute Gasteiger partial charge is 0.383 e. The molecule has 0 spiro atoms. The number of nitrogens with zero attached hydrogens (tertiary/aromatic N) is 2. The maximum absolute atomic E-state index is 12.4. The molecular weight excluding hydrogens is 294 g/mol. The van der Waals surface area contributed by atoms with Crippen LogP contribution in [0.3, 0.4) is 0 Å². The Kier molecular flexibility index (Phi) is 6.10. The van der Waals surface area contributed by atoms with E-state index in [0.29, 0.717) is 6.54 Å². The Labute approximate surface area is 125 Å². The fraction of sp³-hybridized carbons (Fsp3) is 0.538. The van der Waals surface area contributed by atoms with E-state index in [4.69, 9.17) is 0 Å². The molecule has 1 aromatic rings. The van der Waals surface area contributed by atoms with Crippen LogP contribution in [0.15, 0.2) is 23.1 Å². The topological polar surface area (TPSA) is 92.6 Å². The molecule has 0 fully saturated rings. The highest BCUT2D eigenvalue weighted by atomic mass is 32.2. The minimum atomic E-state index is -3.70. The van der Waals surface area contributed by atoms with Crippen molar-refractivity contribution >= 4 is 21.4 Å². The maximum atomic E-state index is 12.4. The van der Waals surface area contributed by atoms with Crippen LogP contribution in [0, 0.1) is 10.1 Å². The number of rotatable bonds is 8. The Hall–Kier alpha value is -1.67. The SMILES string of the molecule is CCCCCN(C)S(=O)(=O)c1ccc(NC)c([N+](=O)[O-])c1. The van der Waals surface area contributed by atoms with Crippen molar-refractivity contribution in [3.8, 4) is 0 Å².